The first kappa shape index (κ1) is 19.3. The van der Waals surface area contributed by atoms with Crippen molar-refractivity contribution in [2.24, 2.45) is 0 Å². The molecule has 134 valence electrons. The van der Waals surface area contributed by atoms with Gasteiger partial charge in [-0.05, 0) is 40.2 Å². The highest BCUT2D eigenvalue weighted by Gasteiger charge is 2.22. The topological polar surface area (TPSA) is 62.2 Å². The van der Waals surface area contributed by atoms with Gasteiger partial charge in [0.2, 0.25) is 5.88 Å². The number of benzene rings is 1. The minimum Gasteiger partial charge on any atom is -0.493 e. The van der Waals surface area contributed by atoms with Gasteiger partial charge in [0.05, 0.1) is 5.02 Å². The lowest BCUT2D eigenvalue weighted by Crippen LogP contribution is -2.19. The van der Waals surface area contributed by atoms with Crippen molar-refractivity contribution < 1.29 is 9.90 Å². The minimum atomic E-state index is -0.446. The number of carbonyl (C=O) groups is 1. The number of amides is 1. The molecule has 1 heterocycles. The second-order valence-corrected chi connectivity index (χ2v) is 8.71. The van der Waals surface area contributed by atoms with E-state index >= 15 is 0 Å². The van der Waals surface area contributed by atoms with E-state index in [1.807, 2.05) is 12.1 Å². The Balaban J connectivity index is 2.45. The Bertz CT molecular complexity index is 770. The van der Waals surface area contributed by atoms with Crippen LogP contribution in [0.1, 0.15) is 63.0 Å². The molecule has 0 unspecified atom stereocenters. The second kappa shape index (κ2) is 6.68. The number of aromatic nitrogens is 1. The van der Waals surface area contributed by atoms with Gasteiger partial charge in [0.25, 0.3) is 5.91 Å². The molecule has 2 aromatic rings. The van der Waals surface area contributed by atoms with E-state index in [2.05, 4.69) is 57.9 Å². The number of nitrogens with zero attached hydrogens (tertiary/aromatic N) is 1. The Kier molecular flexibility index (Phi) is 5.14. The standard InChI is InChI=1S/C20H25ClN2O2/c1-19(2,3)12-7-13(20(4,5)6)9-15(8-12)23-18(25)16-10-14(21)11-22-17(16)24/h7-11H,1-6H3,(H,22,24)(H,23,25). The zero-order valence-electron chi connectivity index (χ0n) is 15.6. The Morgan fingerprint density at radius 3 is 2.00 bits per heavy atom. The molecule has 0 atom stereocenters. The van der Waals surface area contributed by atoms with Crippen molar-refractivity contribution >= 4 is 23.2 Å². The molecule has 2 rings (SSSR count). The fourth-order valence-corrected chi connectivity index (χ4v) is 2.52. The van der Waals surface area contributed by atoms with E-state index in [9.17, 15) is 9.90 Å². The molecule has 5 heteroatoms. The molecule has 0 aliphatic heterocycles. The third-order valence-electron chi connectivity index (χ3n) is 4.00. The van der Waals surface area contributed by atoms with Gasteiger partial charge in [-0.15, -0.1) is 0 Å². The van der Waals surface area contributed by atoms with Crippen LogP contribution < -0.4 is 5.32 Å². The van der Waals surface area contributed by atoms with Gasteiger partial charge in [0, 0.05) is 11.9 Å². The summed E-state index contributed by atoms with van der Waals surface area (Å²) in [6, 6.07) is 7.50. The molecule has 0 aliphatic carbocycles. The Morgan fingerprint density at radius 2 is 1.52 bits per heavy atom. The number of halogens is 1. The van der Waals surface area contributed by atoms with Gasteiger partial charge >= 0.3 is 0 Å². The number of aromatic hydroxyl groups is 1. The highest BCUT2D eigenvalue weighted by molar-refractivity contribution is 6.31. The molecule has 0 bridgehead atoms. The monoisotopic (exact) mass is 360 g/mol. The number of anilines is 1. The lowest BCUT2D eigenvalue weighted by atomic mass is 9.80. The van der Waals surface area contributed by atoms with Gasteiger partial charge in [-0.3, -0.25) is 4.79 Å². The maximum atomic E-state index is 12.5. The van der Waals surface area contributed by atoms with Gasteiger partial charge in [-0.1, -0.05) is 59.2 Å². The van der Waals surface area contributed by atoms with Crippen LogP contribution in [-0.4, -0.2) is 16.0 Å². The summed E-state index contributed by atoms with van der Waals surface area (Å²) in [5, 5.41) is 13.0. The van der Waals surface area contributed by atoms with Crippen LogP contribution >= 0.6 is 11.6 Å². The molecular formula is C20H25ClN2O2. The van der Waals surface area contributed by atoms with Crippen molar-refractivity contribution in [3.05, 3.63) is 52.2 Å². The summed E-state index contributed by atoms with van der Waals surface area (Å²) in [5.41, 5.74) is 2.88. The van der Waals surface area contributed by atoms with Crippen molar-refractivity contribution in [3.63, 3.8) is 0 Å². The molecule has 0 saturated heterocycles. The fraction of sp³-hybridized carbons (Fsp3) is 0.400. The molecule has 25 heavy (non-hydrogen) atoms. The van der Waals surface area contributed by atoms with Crippen molar-refractivity contribution in [1.82, 2.24) is 4.98 Å². The van der Waals surface area contributed by atoms with Crippen LogP contribution in [0, 0.1) is 0 Å². The summed E-state index contributed by atoms with van der Waals surface area (Å²) in [5.74, 6) is -0.789. The third kappa shape index (κ3) is 4.73. The average molecular weight is 361 g/mol. The smallest absolute Gasteiger partial charge is 0.261 e. The first-order valence-corrected chi connectivity index (χ1v) is 8.57. The van der Waals surface area contributed by atoms with Crippen LogP contribution in [0.4, 0.5) is 5.69 Å². The number of rotatable bonds is 2. The van der Waals surface area contributed by atoms with E-state index < -0.39 is 5.91 Å². The molecule has 1 aromatic heterocycles. The first-order chi connectivity index (χ1) is 11.4. The first-order valence-electron chi connectivity index (χ1n) is 8.20. The van der Waals surface area contributed by atoms with Crippen molar-refractivity contribution in [2.45, 2.75) is 52.4 Å². The van der Waals surface area contributed by atoms with Crippen LogP contribution in [0.15, 0.2) is 30.5 Å². The average Bonchev–Trinajstić information content (AvgIpc) is 2.47. The summed E-state index contributed by atoms with van der Waals surface area (Å²) in [6.45, 7) is 12.8. The predicted octanol–water partition coefficient (Wildman–Crippen LogP) is 5.29. The van der Waals surface area contributed by atoms with Crippen LogP contribution in [0.3, 0.4) is 0 Å². The molecule has 0 radical (unpaired) electrons. The van der Waals surface area contributed by atoms with Gasteiger partial charge < -0.3 is 10.4 Å². The lowest BCUT2D eigenvalue weighted by Gasteiger charge is -2.26. The van der Waals surface area contributed by atoms with Crippen molar-refractivity contribution in [2.75, 3.05) is 5.32 Å². The zero-order chi connectivity index (χ0) is 19.0. The van der Waals surface area contributed by atoms with E-state index in [0.717, 1.165) is 11.1 Å². The molecular weight excluding hydrogens is 336 g/mol. The highest BCUT2D eigenvalue weighted by Crippen LogP contribution is 2.32. The van der Waals surface area contributed by atoms with E-state index in [1.54, 1.807) is 0 Å². The molecule has 1 aromatic carbocycles. The summed E-state index contributed by atoms with van der Waals surface area (Å²) in [6.07, 6.45) is 1.30. The highest BCUT2D eigenvalue weighted by atomic mass is 35.5. The van der Waals surface area contributed by atoms with E-state index in [-0.39, 0.29) is 22.3 Å². The molecule has 0 spiro atoms. The minimum absolute atomic E-state index is 0.0472. The zero-order valence-corrected chi connectivity index (χ0v) is 16.3. The van der Waals surface area contributed by atoms with Crippen molar-refractivity contribution in [1.29, 1.82) is 0 Å². The molecule has 2 N–H and O–H groups in total. The quantitative estimate of drug-likeness (QED) is 0.765. The normalized spacial score (nSPS) is 12.1. The maximum Gasteiger partial charge on any atom is 0.261 e. The summed E-state index contributed by atoms with van der Waals surface area (Å²) < 4.78 is 0. The maximum absolute atomic E-state index is 12.5. The molecule has 0 saturated carbocycles. The summed E-state index contributed by atoms with van der Waals surface area (Å²) >= 11 is 5.88. The van der Waals surface area contributed by atoms with Crippen LogP contribution in [0.25, 0.3) is 0 Å². The van der Waals surface area contributed by atoms with Gasteiger partial charge in [0.15, 0.2) is 0 Å². The second-order valence-electron chi connectivity index (χ2n) is 8.28. The number of carbonyl (C=O) groups excluding carboxylic acids is 1. The van der Waals surface area contributed by atoms with Gasteiger partial charge in [-0.2, -0.15) is 0 Å². The van der Waals surface area contributed by atoms with Crippen LogP contribution in [0.2, 0.25) is 5.02 Å². The van der Waals surface area contributed by atoms with Crippen molar-refractivity contribution in [3.8, 4) is 5.88 Å². The Morgan fingerprint density at radius 1 is 1.00 bits per heavy atom. The molecule has 4 nitrogen and oxygen atoms in total. The van der Waals surface area contributed by atoms with Gasteiger partial charge in [0.1, 0.15) is 5.56 Å². The SMILES string of the molecule is CC(C)(C)c1cc(NC(=O)c2cc(Cl)cnc2O)cc(C(C)(C)C)c1. The van der Waals surface area contributed by atoms with E-state index in [0.29, 0.717) is 10.7 Å². The Hall–Kier alpha value is -2.07. The lowest BCUT2D eigenvalue weighted by molar-refractivity contribution is 0.102. The summed E-state index contributed by atoms with van der Waals surface area (Å²) in [4.78, 5) is 16.3. The third-order valence-corrected chi connectivity index (χ3v) is 4.21. The number of hydrogen-bond donors (Lipinski definition) is 2. The number of hydrogen-bond acceptors (Lipinski definition) is 3. The number of pyridine rings is 1. The largest absolute Gasteiger partial charge is 0.493 e. The van der Waals surface area contributed by atoms with E-state index in [1.165, 1.54) is 12.3 Å². The van der Waals surface area contributed by atoms with E-state index in [4.69, 9.17) is 11.6 Å². The molecule has 1 amide bonds. The summed E-state index contributed by atoms with van der Waals surface area (Å²) in [7, 11) is 0. The molecule has 0 fully saturated rings. The Labute approximate surface area is 154 Å². The fourth-order valence-electron chi connectivity index (χ4n) is 2.36. The van der Waals surface area contributed by atoms with Crippen LogP contribution in [0.5, 0.6) is 5.88 Å². The number of nitrogens with one attached hydrogen (secondary N) is 1. The molecule has 0 aliphatic rings. The predicted molar refractivity (Wildman–Crippen MR) is 103 cm³/mol. The van der Waals surface area contributed by atoms with Gasteiger partial charge in [-0.25, -0.2) is 4.98 Å². The van der Waals surface area contributed by atoms with Crippen LogP contribution in [-0.2, 0) is 10.8 Å².